The van der Waals surface area contributed by atoms with Gasteiger partial charge in [-0.2, -0.15) is 0 Å². The molecular weight excluding hydrogens is 306 g/mol. The smallest absolute Gasteiger partial charge is 0.326 e. The van der Waals surface area contributed by atoms with E-state index in [-0.39, 0.29) is 6.03 Å². The van der Waals surface area contributed by atoms with Crippen molar-refractivity contribution in [3.63, 3.8) is 0 Å². The molecule has 0 aliphatic carbocycles. The van der Waals surface area contributed by atoms with Gasteiger partial charge in [0.15, 0.2) is 5.65 Å². The van der Waals surface area contributed by atoms with Gasteiger partial charge < -0.3 is 10.1 Å². The number of rotatable bonds is 5. The number of ether oxygens (including phenoxy) is 1. The van der Waals surface area contributed by atoms with E-state index >= 15 is 0 Å². The van der Waals surface area contributed by atoms with Crippen LogP contribution < -0.4 is 15.4 Å². The number of amides is 2. The minimum absolute atomic E-state index is 0.304. The van der Waals surface area contributed by atoms with Crippen LogP contribution in [-0.2, 0) is 6.42 Å². The summed E-state index contributed by atoms with van der Waals surface area (Å²) in [4.78, 5) is 12.2. The lowest BCUT2D eigenvalue weighted by Crippen LogP contribution is -2.21. The standard InChI is InChI=1S/C17H19N5O2/c1-3-12-7-5-8-13(11-12)18-17(23)19-16-21-20-14-9-6-10-15(22(14)16)24-4-2/h5-11H,3-4H2,1-2H3,(H2,18,19,21,23). The van der Waals surface area contributed by atoms with Crippen LogP contribution >= 0.6 is 0 Å². The molecule has 3 aromatic rings. The maximum atomic E-state index is 12.2. The van der Waals surface area contributed by atoms with Crippen molar-refractivity contribution in [2.75, 3.05) is 17.2 Å². The van der Waals surface area contributed by atoms with Crippen molar-refractivity contribution in [1.82, 2.24) is 14.6 Å². The molecule has 1 aromatic carbocycles. The second-order valence-corrected chi connectivity index (χ2v) is 5.15. The van der Waals surface area contributed by atoms with Crippen molar-refractivity contribution in [2.45, 2.75) is 20.3 Å². The molecule has 0 saturated heterocycles. The van der Waals surface area contributed by atoms with Crippen LogP contribution in [0, 0.1) is 0 Å². The number of benzene rings is 1. The van der Waals surface area contributed by atoms with E-state index in [4.69, 9.17) is 4.74 Å². The Labute approximate surface area is 139 Å². The zero-order valence-electron chi connectivity index (χ0n) is 13.6. The molecule has 0 saturated carbocycles. The highest BCUT2D eigenvalue weighted by Crippen LogP contribution is 2.19. The van der Waals surface area contributed by atoms with Crippen LogP contribution in [0.15, 0.2) is 42.5 Å². The molecule has 124 valence electrons. The van der Waals surface area contributed by atoms with Crippen LogP contribution in [0.5, 0.6) is 5.88 Å². The minimum Gasteiger partial charge on any atom is -0.479 e. The summed E-state index contributed by atoms with van der Waals surface area (Å²) in [5, 5.41) is 13.6. The number of carbonyl (C=O) groups excluding carboxylic acids is 1. The van der Waals surface area contributed by atoms with E-state index in [1.54, 1.807) is 16.5 Å². The van der Waals surface area contributed by atoms with E-state index in [9.17, 15) is 4.79 Å². The third kappa shape index (κ3) is 3.29. The van der Waals surface area contributed by atoms with Crippen molar-refractivity contribution in [2.24, 2.45) is 0 Å². The number of nitrogens with one attached hydrogen (secondary N) is 2. The van der Waals surface area contributed by atoms with Crippen molar-refractivity contribution >= 4 is 23.3 Å². The molecule has 7 nitrogen and oxygen atoms in total. The third-order valence-corrected chi connectivity index (χ3v) is 3.50. The SMILES string of the molecule is CCOc1cccc2nnc(NC(=O)Nc3cccc(CC)c3)n12. The number of anilines is 2. The Morgan fingerprint density at radius 1 is 1.12 bits per heavy atom. The highest BCUT2D eigenvalue weighted by atomic mass is 16.5. The molecular formula is C17H19N5O2. The van der Waals surface area contributed by atoms with Gasteiger partial charge in [-0.25, -0.2) is 9.20 Å². The summed E-state index contributed by atoms with van der Waals surface area (Å²) < 4.78 is 7.22. The first-order valence-electron chi connectivity index (χ1n) is 7.85. The van der Waals surface area contributed by atoms with Gasteiger partial charge in [0, 0.05) is 5.69 Å². The van der Waals surface area contributed by atoms with E-state index in [1.807, 2.05) is 37.3 Å². The number of urea groups is 1. The topological polar surface area (TPSA) is 80.6 Å². The zero-order valence-corrected chi connectivity index (χ0v) is 13.6. The predicted octanol–water partition coefficient (Wildman–Crippen LogP) is 3.33. The first-order valence-corrected chi connectivity index (χ1v) is 7.85. The highest BCUT2D eigenvalue weighted by molar-refractivity contribution is 5.98. The van der Waals surface area contributed by atoms with Crippen LogP contribution in [0.3, 0.4) is 0 Å². The van der Waals surface area contributed by atoms with Crippen LogP contribution in [0.1, 0.15) is 19.4 Å². The molecule has 7 heteroatoms. The fourth-order valence-corrected chi connectivity index (χ4v) is 2.39. The fraction of sp³-hybridized carbons (Fsp3) is 0.235. The molecule has 0 spiro atoms. The van der Waals surface area contributed by atoms with Crippen molar-refractivity contribution in [1.29, 1.82) is 0 Å². The Bertz CT molecular complexity index is 859. The van der Waals surface area contributed by atoms with Gasteiger partial charge in [-0.3, -0.25) is 5.32 Å². The summed E-state index contributed by atoms with van der Waals surface area (Å²) in [6.07, 6.45) is 0.906. The van der Waals surface area contributed by atoms with E-state index in [2.05, 4.69) is 27.8 Å². The summed E-state index contributed by atoms with van der Waals surface area (Å²) in [5.41, 5.74) is 2.48. The minimum atomic E-state index is -0.385. The van der Waals surface area contributed by atoms with Gasteiger partial charge in [-0.15, -0.1) is 10.2 Å². The number of hydrogen-bond acceptors (Lipinski definition) is 4. The maximum Gasteiger partial charge on any atom is 0.326 e. The molecule has 0 bridgehead atoms. The van der Waals surface area contributed by atoms with Gasteiger partial charge in [-0.05, 0) is 43.2 Å². The van der Waals surface area contributed by atoms with Crippen LogP contribution in [-0.4, -0.2) is 27.2 Å². The molecule has 0 atom stereocenters. The van der Waals surface area contributed by atoms with E-state index in [1.165, 1.54) is 0 Å². The molecule has 3 rings (SSSR count). The number of aryl methyl sites for hydroxylation is 1. The van der Waals surface area contributed by atoms with Gasteiger partial charge in [0.05, 0.1) is 6.61 Å². The lowest BCUT2D eigenvalue weighted by molar-refractivity contribution is 0.262. The summed E-state index contributed by atoms with van der Waals surface area (Å²) in [5.74, 6) is 0.876. The predicted molar refractivity (Wildman–Crippen MR) is 92.6 cm³/mol. The lowest BCUT2D eigenvalue weighted by Gasteiger charge is -2.10. The second-order valence-electron chi connectivity index (χ2n) is 5.15. The number of nitrogens with zero attached hydrogens (tertiary/aromatic N) is 3. The maximum absolute atomic E-state index is 12.2. The quantitative estimate of drug-likeness (QED) is 0.754. The molecule has 2 heterocycles. The average molecular weight is 325 g/mol. The van der Waals surface area contributed by atoms with Crippen LogP contribution in [0.4, 0.5) is 16.4 Å². The van der Waals surface area contributed by atoms with Crippen LogP contribution in [0.2, 0.25) is 0 Å². The normalized spacial score (nSPS) is 10.6. The summed E-state index contributed by atoms with van der Waals surface area (Å²) in [6.45, 7) is 4.47. The number of hydrogen-bond donors (Lipinski definition) is 2. The van der Waals surface area contributed by atoms with Crippen molar-refractivity contribution in [3.8, 4) is 5.88 Å². The largest absolute Gasteiger partial charge is 0.479 e. The van der Waals surface area contributed by atoms with Crippen molar-refractivity contribution in [3.05, 3.63) is 48.0 Å². The van der Waals surface area contributed by atoms with Crippen molar-refractivity contribution < 1.29 is 9.53 Å². The fourth-order valence-electron chi connectivity index (χ4n) is 2.39. The molecule has 24 heavy (non-hydrogen) atoms. The number of carbonyl (C=O) groups is 1. The van der Waals surface area contributed by atoms with E-state index < -0.39 is 0 Å². The van der Waals surface area contributed by atoms with Gasteiger partial charge in [-0.1, -0.05) is 25.1 Å². The number of fused-ring (bicyclic) bond motifs is 1. The molecule has 0 aliphatic heterocycles. The van der Waals surface area contributed by atoms with E-state index in [0.29, 0.717) is 24.1 Å². The highest BCUT2D eigenvalue weighted by Gasteiger charge is 2.13. The summed E-state index contributed by atoms with van der Waals surface area (Å²) >= 11 is 0. The Morgan fingerprint density at radius 2 is 1.96 bits per heavy atom. The van der Waals surface area contributed by atoms with Gasteiger partial charge in [0.2, 0.25) is 11.8 Å². The Morgan fingerprint density at radius 3 is 2.75 bits per heavy atom. The Balaban J connectivity index is 1.80. The second kappa shape index (κ2) is 6.99. The molecule has 0 fully saturated rings. The number of aromatic nitrogens is 3. The van der Waals surface area contributed by atoms with Gasteiger partial charge in [0.25, 0.3) is 0 Å². The molecule has 2 N–H and O–H groups in total. The Kier molecular flexibility index (Phi) is 4.60. The third-order valence-electron chi connectivity index (χ3n) is 3.50. The molecule has 2 amide bonds. The Hall–Kier alpha value is -3.09. The average Bonchev–Trinajstić information content (AvgIpc) is 2.99. The molecule has 0 aliphatic rings. The van der Waals surface area contributed by atoms with Gasteiger partial charge in [0.1, 0.15) is 0 Å². The lowest BCUT2D eigenvalue weighted by atomic mass is 10.1. The number of pyridine rings is 1. The molecule has 0 radical (unpaired) electrons. The summed E-state index contributed by atoms with van der Waals surface area (Å²) in [6, 6.07) is 12.7. The first-order chi connectivity index (χ1) is 11.7. The molecule has 0 unspecified atom stereocenters. The monoisotopic (exact) mass is 325 g/mol. The van der Waals surface area contributed by atoms with E-state index in [0.717, 1.165) is 17.7 Å². The van der Waals surface area contributed by atoms with Gasteiger partial charge >= 0.3 is 6.03 Å². The zero-order chi connectivity index (χ0) is 16.9. The molecule has 2 aromatic heterocycles. The van der Waals surface area contributed by atoms with Crippen LogP contribution in [0.25, 0.3) is 5.65 Å². The summed E-state index contributed by atoms with van der Waals surface area (Å²) in [7, 11) is 0. The first kappa shape index (κ1) is 15.8.